The normalized spacial score (nSPS) is 52.6. The van der Waals surface area contributed by atoms with E-state index in [9.17, 15) is 22.0 Å². The lowest BCUT2D eigenvalue weighted by atomic mass is 9.92. The molecule has 0 bridgehead atoms. The van der Waals surface area contributed by atoms with E-state index in [4.69, 9.17) is 0 Å². The Morgan fingerprint density at radius 2 is 1.00 bits per heavy atom. The molecule has 1 rings (SSSR count). The zero-order chi connectivity index (χ0) is 8.59. The molecule has 0 nitrogen and oxygen atoms in total. The van der Waals surface area contributed by atoms with E-state index in [-0.39, 0.29) is 0 Å². The van der Waals surface area contributed by atoms with Crippen molar-refractivity contribution < 1.29 is 22.0 Å². The summed E-state index contributed by atoms with van der Waals surface area (Å²) >= 11 is 0. The maximum absolute atomic E-state index is 12.2. The molecule has 0 aromatic heterocycles. The Hall–Kier alpha value is -0.350. The number of hydrogen-bond donors (Lipinski definition) is 0. The third-order valence-corrected chi connectivity index (χ3v) is 1.75. The van der Waals surface area contributed by atoms with Crippen LogP contribution in [0.25, 0.3) is 0 Å². The number of rotatable bonds is 0. The highest BCUT2D eigenvalue weighted by Crippen LogP contribution is 2.31. The minimum atomic E-state index is -2.66. The summed E-state index contributed by atoms with van der Waals surface area (Å²) in [5.74, 6) is 0. The van der Waals surface area contributed by atoms with E-state index in [0.29, 0.717) is 0 Å². The van der Waals surface area contributed by atoms with E-state index < -0.39 is 37.3 Å². The van der Waals surface area contributed by atoms with Crippen molar-refractivity contribution in [3.63, 3.8) is 0 Å². The molecule has 11 heavy (non-hydrogen) atoms. The first-order chi connectivity index (χ1) is 5.04. The molecule has 1 unspecified atom stereocenters. The third kappa shape index (κ3) is 1.46. The van der Waals surface area contributed by atoms with Crippen LogP contribution in [-0.4, -0.2) is 30.9 Å². The van der Waals surface area contributed by atoms with Crippen molar-refractivity contribution in [2.24, 2.45) is 0 Å². The highest BCUT2D eigenvalue weighted by Gasteiger charge is 2.46. The van der Waals surface area contributed by atoms with Gasteiger partial charge in [0.05, 0.1) is 0 Å². The Bertz CT molecular complexity index is 125. The van der Waals surface area contributed by atoms with Gasteiger partial charge in [-0.05, 0) is 0 Å². The maximum Gasteiger partial charge on any atom is 0.168 e. The van der Waals surface area contributed by atoms with Crippen LogP contribution < -0.4 is 0 Å². The Balaban J connectivity index is 2.63. The third-order valence-electron chi connectivity index (χ3n) is 1.75. The fourth-order valence-electron chi connectivity index (χ4n) is 1.05. The van der Waals surface area contributed by atoms with E-state index in [2.05, 4.69) is 0 Å². The summed E-state index contributed by atoms with van der Waals surface area (Å²) < 4.78 is 61.2. The molecule has 5 atom stereocenters. The van der Waals surface area contributed by atoms with Gasteiger partial charge in [-0.15, -0.1) is 0 Å². The van der Waals surface area contributed by atoms with Crippen LogP contribution >= 0.6 is 0 Å². The predicted molar refractivity (Wildman–Crippen MR) is 29.1 cm³/mol. The fraction of sp³-hybridized carbons (Fsp3) is 1.00. The number of alkyl halides is 5. The molecule has 0 aliphatic heterocycles. The quantitative estimate of drug-likeness (QED) is 0.493. The Morgan fingerprint density at radius 1 is 0.636 bits per heavy atom. The zero-order valence-corrected chi connectivity index (χ0v) is 5.48. The second kappa shape index (κ2) is 2.95. The van der Waals surface area contributed by atoms with Crippen LogP contribution in [0.2, 0.25) is 0 Å². The molecule has 0 amide bonds. The topological polar surface area (TPSA) is 0 Å². The van der Waals surface area contributed by atoms with Gasteiger partial charge in [0.1, 0.15) is 12.3 Å². The Morgan fingerprint density at radius 3 is 1.36 bits per heavy atom. The van der Waals surface area contributed by atoms with E-state index in [1.54, 1.807) is 0 Å². The second-order valence-electron chi connectivity index (χ2n) is 2.60. The summed E-state index contributed by atoms with van der Waals surface area (Å²) in [7, 11) is 0. The highest BCUT2D eigenvalue weighted by molar-refractivity contribution is 4.93. The Kier molecular flexibility index (Phi) is 2.34. The average molecular weight is 174 g/mol. The van der Waals surface area contributed by atoms with Crippen molar-refractivity contribution in [1.82, 2.24) is 0 Å². The largest absolute Gasteiger partial charge is 0.244 e. The van der Waals surface area contributed by atoms with Crippen molar-refractivity contribution in [3.05, 3.63) is 0 Å². The molecule has 0 aromatic carbocycles. The van der Waals surface area contributed by atoms with E-state index in [1.807, 2.05) is 0 Å². The molecule has 0 heterocycles. The molecule has 0 saturated heterocycles. The molecule has 5 heteroatoms. The van der Waals surface area contributed by atoms with Gasteiger partial charge in [-0.25, -0.2) is 22.0 Å². The number of halogens is 5. The molecule has 66 valence electrons. The van der Waals surface area contributed by atoms with E-state index in [0.717, 1.165) is 0 Å². The smallest absolute Gasteiger partial charge is 0.168 e. The standard InChI is InChI=1S/C6H7F5/c7-2-1-3(8)5(10)6(11)4(2)9/h2-6H,1H2/t2-,3+,4-,5+,6?. The van der Waals surface area contributed by atoms with Crippen molar-refractivity contribution >= 4 is 0 Å². The van der Waals surface area contributed by atoms with Gasteiger partial charge in [0.2, 0.25) is 0 Å². The summed E-state index contributed by atoms with van der Waals surface area (Å²) in [4.78, 5) is 0. The lowest BCUT2D eigenvalue weighted by Gasteiger charge is -2.28. The van der Waals surface area contributed by atoms with Crippen LogP contribution in [0.5, 0.6) is 0 Å². The van der Waals surface area contributed by atoms with Crippen LogP contribution in [0.4, 0.5) is 22.0 Å². The van der Waals surface area contributed by atoms with E-state index >= 15 is 0 Å². The van der Waals surface area contributed by atoms with Gasteiger partial charge in [-0.2, -0.15) is 0 Å². The molecular formula is C6H7F5. The van der Waals surface area contributed by atoms with Crippen molar-refractivity contribution in [2.75, 3.05) is 0 Å². The fourth-order valence-corrected chi connectivity index (χ4v) is 1.05. The van der Waals surface area contributed by atoms with Gasteiger partial charge >= 0.3 is 0 Å². The van der Waals surface area contributed by atoms with Crippen molar-refractivity contribution in [3.8, 4) is 0 Å². The van der Waals surface area contributed by atoms with Crippen LogP contribution in [0.1, 0.15) is 6.42 Å². The summed E-state index contributed by atoms with van der Waals surface area (Å²) in [5, 5.41) is 0. The minimum Gasteiger partial charge on any atom is -0.244 e. The maximum atomic E-state index is 12.2. The van der Waals surface area contributed by atoms with Gasteiger partial charge in [0.15, 0.2) is 18.5 Å². The Labute approximate surface area is 60.4 Å². The molecule has 0 aromatic rings. The number of hydrogen-bond acceptors (Lipinski definition) is 0. The lowest BCUT2D eigenvalue weighted by Crippen LogP contribution is -2.47. The first kappa shape index (κ1) is 8.74. The highest BCUT2D eigenvalue weighted by atomic mass is 19.2. The van der Waals surface area contributed by atoms with Gasteiger partial charge < -0.3 is 0 Å². The summed E-state index contributed by atoms with van der Waals surface area (Å²) in [6.07, 6.45) is -13.0. The summed E-state index contributed by atoms with van der Waals surface area (Å²) in [5.41, 5.74) is 0. The van der Waals surface area contributed by atoms with Crippen LogP contribution in [0.15, 0.2) is 0 Å². The van der Waals surface area contributed by atoms with Gasteiger partial charge in [-0.3, -0.25) is 0 Å². The average Bonchev–Trinajstić information content (AvgIpc) is 1.97. The monoisotopic (exact) mass is 174 g/mol. The second-order valence-corrected chi connectivity index (χ2v) is 2.60. The molecule has 0 radical (unpaired) electrons. The minimum absolute atomic E-state index is 0.886. The molecule has 1 fully saturated rings. The zero-order valence-electron chi connectivity index (χ0n) is 5.48. The first-order valence-electron chi connectivity index (χ1n) is 3.24. The molecular weight excluding hydrogens is 167 g/mol. The van der Waals surface area contributed by atoms with Crippen LogP contribution in [-0.2, 0) is 0 Å². The molecule has 1 aliphatic rings. The van der Waals surface area contributed by atoms with Crippen molar-refractivity contribution in [2.45, 2.75) is 37.3 Å². The summed E-state index contributed by atoms with van der Waals surface area (Å²) in [6.45, 7) is 0. The van der Waals surface area contributed by atoms with Crippen molar-refractivity contribution in [1.29, 1.82) is 0 Å². The van der Waals surface area contributed by atoms with E-state index in [1.165, 1.54) is 0 Å². The van der Waals surface area contributed by atoms with Crippen LogP contribution in [0.3, 0.4) is 0 Å². The van der Waals surface area contributed by atoms with Gasteiger partial charge in [0.25, 0.3) is 0 Å². The summed E-state index contributed by atoms with van der Waals surface area (Å²) in [6, 6.07) is 0. The first-order valence-corrected chi connectivity index (χ1v) is 3.24. The predicted octanol–water partition coefficient (Wildman–Crippen LogP) is 2.08. The van der Waals surface area contributed by atoms with Gasteiger partial charge in [-0.1, -0.05) is 0 Å². The molecule has 1 saturated carbocycles. The van der Waals surface area contributed by atoms with Crippen LogP contribution in [0, 0.1) is 0 Å². The SMILES string of the molecule is FC1[C@@H](F)[C@@H](F)C[C@@H](F)[C@H]1F. The lowest BCUT2D eigenvalue weighted by molar-refractivity contribution is -0.0506. The van der Waals surface area contributed by atoms with Gasteiger partial charge in [0, 0.05) is 6.42 Å². The molecule has 0 spiro atoms. The molecule has 1 aliphatic carbocycles. The molecule has 0 N–H and O–H groups in total.